The van der Waals surface area contributed by atoms with Gasteiger partial charge < -0.3 is 15.0 Å². The largest absolute Gasteiger partial charge is 0.385 e. The summed E-state index contributed by atoms with van der Waals surface area (Å²) >= 11 is 18.6. The van der Waals surface area contributed by atoms with Gasteiger partial charge in [0.05, 0.1) is 26.3 Å². The molecule has 6 nitrogen and oxygen atoms in total. The van der Waals surface area contributed by atoms with Gasteiger partial charge in [0.15, 0.2) is 0 Å². The predicted octanol–water partition coefficient (Wildman–Crippen LogP) is 5.08. The second-order valence-electron chi connectivity index (χ2n) is 5.94. The molecule has 28 heavy (non-hydrogen) atoms. The molecule has 0 saturated carbocycles. The fourth-order valence-corrected chi connectivity index (χ4v) is 3.54. The summed E-state index contributed by atoms with van der Waals surface area (Å²) < 4.78 is 5.04. The van der Waals surface area contributed by atoms with Crippen molar-refractivity contribution in [2.75, 3.05) is 37.5 Å². The van der Waals surface area contributed by atoms with Crippen molar-refractivity contribution in [3.63, 3.8) is 0 Å². The topological polar surface area (TPSA) is 70.7 Å². The molecule has 2 aromatic rings. The van der Waals surface area contributed by atoms with Crippen LogP contribution in [0.2, 0.25) is 15.1 Å². The maximum absolute atomic E-state index is 12.1. The van der Waals surface area contributed by atoms with Gasteiger partial charge >= 0.3 is 6.03 Å². The molecule has 0 saturated heterocycles. The smallest absolute Gasteiger partial charge is 0.326 e. The van der Waals surface area contributed by atoms with Crippen LogP contribution in [0.25, 0.3) is 0 Å². The van der Waals surface area contributed by atoms with Gasteiger partial charge in [-0.1, -0.05) is 46.9 Å². The SMILES string of the molecule is COCCCN(C)c1c(Cl)cc(NC(=O)NC(=O)c2ccccc2Cl)cc1Cl. The van der Waals surface area contributed by atoms with Gasteiger partial charge in [0.1, 0.15) is 0 Å². The molecule has 0 unspecified atom stereocenters. The first-order chi connectivity index (χ1) is 13.3. The third-order valence-corrected chi connectivity index (χ3v) is 4.75. The molecule has 0 aliphatic carbocycles. The molecule has 0 fully saturated rings. The third kappa shape index (κ3) is 6.01. The molecule has 2 rings (SSSR count). The Hall–Kier alpha value is -1.99. The number of carbonyl (C=O) groups excluding carboxylic acids is 2. The first kappa shape index (κ1) is 22.3. The van der Waals surface area contributed by atoms with Gasteiger partial charge in [-0.2, -0.15) is 0 Å². The summed E-state index contributed by atoms with van der Waals surface area (Å²) in [5, 5.41) is 5.75. The highest BCUT2D eigenvalue weighted by atomic mass is 35.5. The Labute approximate surface area is 178 Å². The molecule has 0 atom stereocenters. The Bertz CT molecular complexity index is 838. The molecule has 9 heteroatoms. The second-order valence-corrected chi connectivity index (χ2v) is 7.17. The van der Waals surface area contributed by atoms with Crippen molar-refractivity contribution in [3.8, 4) is 0 Å². The zero-order valence-electron chi connectivity index (χ0n) is 15.4. The summed E-state index contributed by atoms with van der Waals surface area (Å²) in [6, 6.07) is 8.84. The molecule has 0 spiro atoms. The van der Waals surface area contributed by atoms with Gasteiger partial charge in [-0.05, 0) is 30.7 Å². The molecule has 0 aromatic heterocycles. The highest BCUT2D eigenvalue weighted by Crippen LogP contribution is 2.36. The third-order valence-electron chi connectivity index (χ3n) is 3.84. The van der Waals surface area contributed by atoms with E-state index in [4.69, 9.17) is 39.5 Å². The van der Waals surface area contributed by atoms with Crippen LogP contribution < -0.4 is 15.5 Å². The lowest BCUT2D eigenvalue weighted by Gasteiger charge is -2.22. The number of anilines is 2. The van der Waals surface area contributed by atoms with Crippen LogP contribution in [-0.4, -0.2) is 39.2 Å². The van der Waals surface area contributed by atoms with E-state index in [0.29, 0.717) is 34.6 Å². The fourth-order valence-electron chi connectivity index (χ4n) is 2.54. The van der Waals surface area contributed by atoms with Gasteiger partial charge in [-0.15, -0.1) is 0 Å². The Morgan fingerprint density at radius 1 is 1.07 bits per heavy atom. The van der Waals surface area contributed by atoms with Gasteiger partial charge in [0, 0.05) is 33.0 Å². The zero-order valence-corrected chi connectivity index (χ0v) is 17.7. The Morgan fingerprint density at radius 3 is 2.32 bits per heavy atom. The lowest BCUT2D eigenvalue weighted by Crippen LogP contribution is -2.34. The molecular weight excluding hydrogens is 425 g/mol. The van der Waals surface area contributed by atoms with Gasteiger partial charge in [-0.25, -0.2) is 4.79 Å². The first-order valence-corrected chi connectivity index (χ1v) is 9.53. The standard InChI is InChI=1S/C19H20Cl3N3O3/c1-25(8-5-9-28-2)17-15(21)10-12(11-16(17)22)23-19(27)24-18(26)13-6-3-4-7-14(13)20/h3-4,6-7,10-11H,5,8-9H2,1-2H3,(H2,23,24,26,27). The van der Waals surface area contributed by atoms with Crippen molar-refractivity contribution < 1.29 is 14.3 Å². The van der Waals surface area contributed by atoms with Crippen LogP contribution in [0.15, 0.2) is 36.4 Å². The number of rotatable bonds is 7. The number of carbonyl (C=O) groups is 2. The number of halogens is 3. The van der Waals surface area contributed by atoms with E-state index < -0.39 is 11.9 Å². The second kappa shape index (κ2) is 10.5. The number of hydrogen-bond donors (Lipinski definition) is 2. The van der Waals surface area contributed by atoms with E-state index in [9.17, 15) is 9.59 Å². The predicted molar refractivity (Wildman–Crippen MR) is 114 cm³/mol. The Balaban J connectivity index is 2.05. The maximum Gasteiger partial charge on any atom is 0.326 e. The van der Waals surface area contributed by atoms with Crippen LogP contribution in [0.1, 0.15) is 16.8 Å². The number of methoxy groups -OCH3 is 1. The summed E-state index contributed by atoms with van der Waals surface area (Å²) in [4.78, 5) is 26.2. The highest BCUT2D eigenvalue weighted by Gasteiger charge is 2.16. The van der Waals surface area contributed by atoms with E-state index in [1.54, 1.807) is 37.4 Å². The number of benzene rings is 2. The lowest BCUT2D eigenvalue weighted by atomic mass is 10.2. The van der Waals surface area contributed by atoms with Gasteiger partial charge in [0.2, 0.25) is 0 Å². The molecule has 0 bridgehead atoms. The zero-order chi connectivity index (χ0) is 20.7. The molecule has 0 aliphatic rings. The average molecular weight is 445 g/mol. The van der Waals surface area contributed by atoms with Crippen LogP contribution in [0.5, 0.6) is 0 Å². The molecule has 2 aromatic carbocycles. The van der Waals surface area contributed by atoms with E-state index in [0.717, 1.165) is 6.42 Å². The van der Waals surface area contributed by atoms with Crippen LogP contribution in [-0.2, 0) is 4.74 Å². The van der Waals surface area contributed by atoms with E-state index >= 15 is 0 Å². The van der Waals surface area contributed by atoms with Crippen molar-refractivity contribution in [3.05, 3.63) is 57.0 Å². The Morgan fingerprint density at radius 2 is 1.71 bits per heavy atom. The number of nitrogens with zero attached hydrogens (tertiary/aromatic N) is 1. The summed E-state index contributed by atoms with van der Waals surface area (Å²) in [6.45, 7) is 1.33. The molecule has 0 aliphatic heterocycles. The van der Waals surface area contributed by atoms with Crippen molar-refractivity contribution in [1.82, 2.24) is 5.32 Å². The van der Waals surface area contributed by atoms with Crippen LogP contribution in [0.3, 0.4) is 0 Å². The average Bonchev–Trinajstić information content (AvgIpc) is 2.61. The minimum absolute atomic E-state index is 0.198. The summed E-state index contributed by atoms with van der Waals surface area (Å²) in [5.41, 5.74) is 1.20. The van der Waals surface area contributed by atoms with Crippen LogP contribution in [0.4, 0.5) is 16.2 Å². The van der Waals surface area contributed by atoms with Crippen molar-refractivity contribution in [1.29, 1.82) is 0 Å². The number of nitrogens with one attached hydrogen (secondary N) is 2. The van der Waals surface area contributed by atoms with E-state index in [-0.39, 0.29) is 10.6 Å². The van der Waals surface area contributed by atoms with Crippen molar-refractivity contribution in [2.24, 2.45) is 0 Å². The Kier molecular flexibility index (Phi) is 8.38. The number of imide groups is 1. The number of urea groups is 1. The minimum atomic E-state index is -0.724. The van der Waals surface area contributed by atoms with Crippen molar-refractivity contribution >= 4 is 58.1 Å². The molecule has 2 N–H and O–H groups in total. The highest BCUT2D eigenvalue weighted by molar-refractivity contribution is 6.39. The van der Waals surface area contributed by atoms with Crippen molar-refractivity contribution in [2.45, 2.75) is 6.42 Å². The molecule has 3 amide bonds. The van der Waals surface area contributed by atoms with Gasteiger partial charge in [-0.3, -0.25) is 10.1 Å². The van der Waals surface area contributed by atoms with E-state index in [1.165, 1.54) is 6.07 Å². The van der Waals surface area contributed by atoms with Gasteiger partial charge in [0.25, 0.3) is 5.91 Å². The summed E-state index contributed by atoms with van der Waals surface area (Å²) in [5.74, 6) is -0.616. The maximum atomic E-state index is 12.1. The van der Waals surface area contributed by atoms with E-state index in [1.807, 2.05) is 11.9 Å². The summed E-state index contributed by atoms with van der Waals surface area (Å²) in [7, 11) is 3.51. The normalized spacial score (nSPS) is 10.5. The minimum Gasteiger partial charge on any atom is -0.385 e. The number of ether oxygens (including phenoxy) is 1. The van der Waals surface area contributed by atoms with Crippen LogP contribution in [0, 0.1) is 0 Å². The fraction of sp³-hybridized carbons (Fsp3) is 0.263. The van der Waals surface area contributed by atoms with Crippen LogP contribution >= 0.6 is 34.8 Å². The molecule has 0 heterocycles. The first-order valence-electron chi connectivity index (χ1n) is 8.39. The quantitative estimate of drug-likeness (QED) is 0.584. The summed E-state index contributed by atoms with van der Waals surface area (Å²) in [6.07, 6.45) is 0.812. The van der Waals surface area contributed by atoms with E-state index in [2.05, 4.69) is 10.6 Å². The monoisotopic (exact) mass is 443 g/mol. The lowest BCUT2D eigenvalue weighted by molar-refractivity contribution is 0.0967. The molecule has 150 valence electrons. The molecule has 0 radical (unpaired) electrons. The number of hydrogen-bond acceptors (Lipinski definition) is 4. The molecular formula is C19H20Cl3N3O3. The number of amides is 3.